The predicted molar refractivity (Wildman–Crippen MR) is 76.1 cm³/mol. The van der Waals surface area contributed by atoms with E-state index in [1.165, 1.54) is 0 Å². The lowest BCUT2D eigenvalue weighted by atomic mass is 10.2. The molecule has 2 aromatic rings. The number of halogens is 2. The molecule has 0 spiro atoms. The maximum atomic E-state index is 12.0. The number of nitrogens with one attached hydrogen (secondary N) is 1. The molecule has 0 bridgehead atoms. The Balaban J connectivity index is 2.24. The molecule has 1 N–H and O–H groups in total. The van der Waals surface area contributed by atoms with Gasteiger partial charge in [-0.25, -0.2) is 0 Å². The molecular weight excluding hydrogens is 316 g/mol. The van der Waals surface area contributed by atoms with Crippen molar-refractivity contribution in [2.75, 3.05) is 5.32 Å². The molecule has 0 saturated carbocycles. The number of aromatic nitrogens is 1. The standard InChI is InChI=1S/C13H10BrClN2O/c1-8-7-9(5-6-16-8)13(18)17-11-4-2-3-10(15)12(11)14/h2-7H,1H3,(H,17,18). The van der Waals surface area contributed by atoms with E-state index in [1.807, 2.05) is 6.92 Å². The van der Waals surface area contributed by atoms with Crippen LogP contribution in [-0.4, -0.2) is 10.9 Å². The summed E-state index contributed by atoms with van der Waals surface area (Å²) < 4.78 is 0.672. The Morgan fingerprint density at radius 1 is 1.39 bits per heavy atom. The van der Waals surface area contributed by atoms with Gasteiger partial charge in [-0.3, -0.25) is 9.78 Å². The molecule has 0 radical (unpaired) electrons. The van der Waals surface area contributed by atoms with Crippen molar-refractivity contribution in [3.8, 4) is 0 Å². The van der Waals surface area contributed by atoms with E-state index < -0.39 is 0 Å². The van der Waals surface area contributed by atoms with Gasteiger partial charge in [0.1, 0.15) is 0 Å². The molecule has 1 aromatic carbocycles. The van der Waals surface area contributed by atoms with Gasteiger partial charge in [-0.05, 0) is 47.1 Å². The van der Waals surface area contributed by atoms with Gasteiger partial charge in [0.05, 0.1) is 15.2 Å². The first-order chi connectivity index (χ1) is 8.58. The lowest BCUT2D eigenvalue weighted by Gasteiger charge is -2.08. The first-order valence-electron chi connectivity index (χ1n) is 5.26. The molecule has 1 amide bonds. The number of nitrogens with zero attached hydrogens (tertiary/aromatic N) is 1. The van der Waals surface area contributed by atoms with Crippen LogP contribution in [0.3, 0.4) is 0 Å². The Morgan fingerprint density at radius 2 is 2.17 bits per heavy atom. The summed E-state index contributed by atoms with van der Waals surface area (Å²) in [4.78, 5) is 16.1. The zero-order chi connectivity index (χ0) is 13.1. The smallest absolute Gasteiger partial charge is 0.255 e. The maximum Gasteiger partial charge on any atom is 0.255 e. The van der Waals surface area contributed by atoms with E-state index in [9.17, 15) is 4.79 Å². The summed E-state index contributed by atoms with van der Waals surface area (Å²) in [6.07, 6.45) is 1.61. The first-order valence-corrected chi connectivity index (χ1v) is 6.43. The number of hydrogen-bond acceptors (Lipinski definition) is 2. The second kappa shape index (κ2) is 5.50. The fourth-order valence-electron chi connectivity index (χ4n) is 1.48. The van der Waals surface area contributed by atoms with Gasteiger partial charge in [0, 0.05) is 17.5 Å². The maximum absolute atomic E-state index is 12.0. The molecule has 0 aliphatic rings. The van der Waals surface area contributed by atoms with Gasteiger partial charge in [0.15, 0.2) is 0 Å². The van der Waals surface area contributed by atoms with Crippen molar-refractivity contribution >= 4 is 39.1 Å². The van der Waals surface area contributed by atoms with E-state index >= 15 is 0 Å². The van der Waals surface area contributed by atoms with Crippen LogP contribution in [0.1, 0.15) is 16.1 Å². The first kappa shape index (κ1) is 13.1. The van der Waals surface area contributed by atoms with Crippen LogP contribution < -0.4 is 5.32 Å². The quantitative estimate of drug-likeness (QED) is 0.905. The average Bonchev–Trinajstić information content (AvgIpc) is 2.35. The second-order valence-electron chi connectivity index (χ2n) is 3.74. The zero-order valence-electron chi connectivity index (χ0n) is 9.58. The van der Waals surface area contributed by atoms with Crippen LogP contribution in [0.5, 0.6) is 0 Å². The number of benzene rings is 1. The summed E-state index contributed by atoms with van der Waals surface area (Å²) in [6.45, 7) is 1.84. The fourth-order valence-corrected chi connectivity index (χ4v) is 2.02. The topological polar surface area (TPSA) is 42.0 Å². The van der Waals surface area contributed by atoms with Crippen LogP contribution in [0.2, 0.25) is 5.02 Å². The van der Waals surface area contributed by atoms with Crippen molar-refractivity contribution < 1.29 is 4.79 Å². The van der Waals surface area contributed by atoms with E-state index in [2.05, 4.69) is 26.2 Å². The van der Waals surface area contributed by atoms with Crippen molar-refractivity contribution in [2.45, 2.75) is 6.92 Å². The molecule has 0 saturated heterocycles. The molecular formula is C13H10BrClN2O. The van der Waals surface area contributed by atoms with Crippen molar-refractivity contribution in [1.29, 1.82) is 0 Å². The van der Waals surface area contributed by atoms with Gasteiger partial charge in [-0.1, -0.05) is 17.7 Å². The van der Waals surface area contributed by atoms with E-state index in [0.717, 1.165) is 5.69 Å². The predicted octanol–water partition coefficient (Wildman–Crippen LogP) is 4.06. The molecule has 0 fully saturated rings. The Hall–Kier alpha value is -1.39. The van der Waals surface area contributed by atoms with Crippen LogP contribution in [0, 0.1) is 6.92 Å². The van der Waals surface area contributed by atoms with Gasteiger partial charge in [-0.15, -0.1) is 0 Å². The summed E-state index contributed by atoms with van der Waals surface area (Å²) in [5, 5.41) is 3.35. The average molecular weight is 326 g/mol. The number of pyridine rings is 1. The Kier molecular flexibility index (Phi) is 3.99. The third kappa shape index (κ3) is 2.89. The van der Waals surface area contributed by atoms with E-state index in [0.29, 0.717) is 20.7 Å². The van der Waals surface area contributed by atoms with E-state index in [1.54, 1.807) is 36.5 Å². The monoisotopic (exact) mass is 324 g/mol. The van der Waals surface area contributed by atoms with Gasteiger partial charge in [0.2, 0.25) is 0 Å². The lowest BCUT2D eigenvalue weighted by Crippen LogP contribution is -2.12. The highest BCUT2D eigenvalue weighted by atomic mass is 79.9. The van der Waals surface area contributed by atoms with E-state index in [-0.39, 0.29) is 5.91 Å². The molecule has 0 unspecified atom stereocenters. The Labute approximate surface area is 118 Å². The third-order valence-corrected chi connectivity index (χ3v) is 3.76. The van der Waals surface area contributed by atoms with Gasteiger partial charge >= 0.3 is 0 Å². The molecule has 1 aromatic heterocycles. The minimum atomic E-state index is -0.191. The van der Waals surface area contributed by atoms with Crippen LogP contribution in [0.25, 0.3) is 0 Å². The third-order valence-electron chi connectivity index (χ3n) is 2.36. The summed E-state index contributed by atoms with van der Waals surface area (Å²) in [5.41, 5.74) is 2.00. The zero-order valence-corrected chi connectivity index (χ0v) is 11.9. The van der Waals surface area contributed by atoms with Gasteiger partial charge in [0.25, 0.3) is 5.91 Å². The lowest BCUT2D eigenvalue weighted by molar-refractivity contribution is 0.102. The van der Waals surface area contributed by atoms with Gasteiger partial charge in [-0.2, -0.15) is 0 Å². The molecule has 18 heavy (non-hydrogen) atoms. The van der Waals surface area contributed by atoms with Crippen LogP contribution in [-0.2, 0) is 0 Å². The highest BCUT2D eigenvalue weighted by Crippen LogP contribution is 2.30. The van der Waals surface area contributed by atoms with Crippen molar-refractivity contribution in [1.82, 2.24) is 4.98 Å². The van der Waals surface area contributed by atoms with Crippen LogP contribution >= 0.6 is 27.5 Å². The highest BCUT2D eigenvalue weighted by molar-refractivity contribution is 9.10. The van der Waals surface area contributed by atoms with Crippen LogP contribution in [0.15, 0.2) is 41.0 Å². The largest absolute Gasteiger partial charge is 0.321 e. The molecule has 5 heteroatoms. The second-order valence-corrected chi connectivity index (χ2v) is 4.94. The number of rotatable bonds is 2. The Bertz CT molecular complexity index is 601. The van der Waals surface area contributed by atoms with Crippen molar-refractivity contribution in [2.24, 2.45) is 0 Å². The number of carbonyl (C=O) groups excluding carboxylic acids is 1. The van der Waals surface area contributed by atoms with Gasteiger partial charge < -0.3 is 5.32 Å². The molecule has 3 nitrogen and oxygen atoms in total. The minimum absolute atomic E-state index is 0.191. The number of anilines is 1. The normalized spacial score (nSPS) is 10.2. The summed E-state index contributed by atoms with van der Waals surface area (Å²) in [6, 6.07) is 8.70. The molecule has 92 valence electrons. The number of hydrogen-bond donors (Lipinski definition) is 1. The summed E-state index contributed by atoms with van der Waals surface area (Å²) in [5.74, 6) is -0.191. The number of amides is 1. The number of carbonyl (C=O) groups is 1. The molecule has 1 heterocycles. The Morgan fingerprint density at radius 3 is 2.89 bits per heavy atom. The summed E-state index contributed by atoms with van der Waals surface area (Å²) in [7, 11) is 0. The van der Waals surface area contributed by atoms with E-state index in [4.69, 9.17) is 11.6 Å². The van der Waals surface area contributed by atoms with Crippen molar-refractivity contribution in [3.05, 3.63) is 57.3 Å². The highest BCUT2D eigenvalue weighted by Gasteiger charge is 2.10. The molecule has 2 rings (SSSR count). The SMILES string of the molecule is Cc1cc(C(=O)Nc2cccc(Cl)c2Br)ccn1. The van der Waals surface area contributed by atoms with Crippen molar-refractivity contribution in [3.63, 3.8) is 0 Å². The van der Waals surface area contributed by atoms with Crippen LogP contribution in [0.4, 0.5) is 5.69 Å². The molecule has 0 aliphatic heterocycles. The molecule has 0 atom stereocenters. The molecule has 0 aliphatic carbocycles. The fraction of sp³-hybridized carbons (Fsp3) is 0.0769. The summed E-state index contributed by atoms with van der Waals surface area (Å²) >= 11 is 9.30. The minimum Gasteiger partial charge on any atom is -0.321 e. The number of aryl methyl sites for hydroxylation is 1.